The first-order valence-electron chi connectivity index (χ1n) is 19.3. The average Bonchev–Trinajstić information content (AvgIpc) is 3.54. The number of aryl methyl sites for hydroxylation is 1. The predicted molar refractivity (Wildman–Crippen MR) is 225 cm³/mol. The van der Waals surface area contributed by atoms with Crippen LogP contribution in [0.1, 0.15) is 57.2 Å². The van der Waals surface area contributed by atoms with Crippen molar-refractivity contribution in [1.29, 1.82) is 0 Å². The van der Waals surface area contributed by atoms with Crippen LogP contribution in [0.4, 0.5) is 28.4 Å². The van der Waals surface area contributed by atoms with Gasteiger partial charge in [-0.3, -0.25) is 0 Å². The second kappa shape index (κ2) is 10.2. The largest absolute Gasteiger partial charge is 0.456 e. The number of fused-ring (bicyclic) bond motifs is 12. The van der Waals surface area contributed by atoms with Gasteiger partial charge in [-0.1, -0.05) is 107 Å². The van der Waals surface area contributed by atoms with E-state index in [4.69, 9.17) is 9.15 Å². The first kappa shape index (κ1) is 30.5. The number of nitrogens with zero attached hydrogens (tertiary/aromatic N) is 2. The summed E-state index contributed by atoms with van der Waals surface area (Å²) < 4.78 is 13.4. The highest BCUT2D eigenvalue weighted by atomic mass is 16.5. The normalized spacial score (nSPS) is 16.8. The number of para-hydroxylation sites is 4. The van der Waals surface area contributed by atoms with Gasteiger partial charge in [-0.2, -0.15) is 0 Å². The Balaban J connectivity index is 1.26. The Morgan fingerprint density at radius 1 is 0.593 bits per heavy atom. The van der Waals surface area contributed by atoms with E-state index in [0.29, 0.717) is 0 Å². The lowest BCUT2D eigenvalue weighted by Gasteiger charge is -2.48. The van der Waals surface area contributed by atoms with Crippen molar-refractivity contribution in [2.45, 2.75) is 58.3 Å². The van der Waals surface area contributed by atoms with Gasteiger partial charge in [-0.05, 0) is 111 Å². The molecule has 4 aliphatic rings. The van der Waals surface area contributed by atoms with Crippen LogP contribution in [0.5, 0.6) is 11.5 Å². The van der Waals surface area contributed by atoms with Crippen molar-refractivity contribution < 1.29 is 9.15 Å². The molecular weight excluding hydrogens is 659 g/mol. The molecule has 4 nitrogen and oxygen atoms in total. The molecule has 0 unspecified atom stereocenters. The Labute approximate surface area is 315 Å². The van der Waals surface area contributed by atoms with Crippen LogP contribution in [0, 0.1) is 6.92 Å². The molecule has 0 spiro atoms. The Hall–Kier alpha value is -5.94. The molecule has 260 valence electrons. The molecule has 0 saturated carbocycles. The molecule has 12 rings (SSSR count). The fraction of sp³-hybridized carbons (Fsp3) is 0.184. The first-order chi connectivity index (χ1) is 26.2. The molecule has 8 aromatic rings. The molecule has 0 amide bonds. The van der Waals surface area contributed by atoms with Gasteiger partial charge < -0.3 is 18.9 Å². The molecular formula is C49H39BN2O2. The van der Waals surface area contributed by atoms with Crippen molar-refractivity contribution in [2.75, 3.05) is 9.71 Å². The van der Waals surface area contributed by atoms with E-state index >= 15 is 0 Å². The third-order valence-corrected chi connectivity index (χ3v) is 13.2. The molecule has 0 radical (unpaired) electrons. The lowest BCUT2D eigenvalue weighted by molar-refractivity contribution is 0.332. The van der Waals surface area contributed by atoms with Crippen LogP contribution >= 0.6 is 0 Å². The molecule has 0 fully saturated rings. The van der Waals surface area contributed by atoms with Crippen molar-refractivity contribution in [2.24, 2.45) is 0 Å². The van der Waals surface area contributed by atoms with Crippen LogP contribution in [-0.4, -0.2) is 6.85 Å². The maximum absolute atomic E-state index is 6.72. The van der Waals surface area contributed by atoms with Gasteiger partial charge in [-0.15, -0.1) is 0 Å². The minimum Gasteiger partial charge on any atom is -0.456 e. The van der Waals surface area contributed by atoms with Crippen molar-refractivity contribution in [1.82, 2.24) is 0 Å². The molecule has 7 aromatic carbocycles. The van der Waals surface area contributed by atoms with E-state index in [1.165, 1.54) is 67.3 Å². The second-order valence-corrected chi connectivity index (χ2v) is 17.2. The smallest absolute Gasteiger partial charge is 0.333 e. The second-order valence-electron chi connectivity index (χ2n) is 17.2. The summed E-state index contributed by atoms with van der Waals surface area (Å²) in [5.41, 5.74) is 17.1. The monoisotopic (exact) mass is 698 g/mol. The third-order valence-electron chi connectivity index (χ3n) is 13.2. The number of rotatable bonds is 1. The van der Waals surface area contributed by atoms with Crippen LogP contribution < -0.4 is 25.4 Å². The van der Waals surface area contributed by atoms with Gasteiger partial charge >= 0.3 is 6.85 Å². The Morgan fingerprint density at radius 2 is 1.31 bits per heavy atom. The maximum atomic E-state index is 6.72. The van der Waals surface area contributed by atoms with Gasteiger partial charge in [0.15, 0.2) is 5.75 Å². The van der Waals surface area contributed by atoms with Crippen molar-refractivity contribution in [3.8, 4) is 22.6 Å². The third kappa shape index (κ3) is 3.84. The van der Waals surface area contributed by atoms with E-state index < -0.39 is 0 Å². The summed E-state index contributed by atoms with van der Waals surface area (Å²) in [6, 6.07) is 44.7. The molecule has 1 aliphatic carbocycles. The summed E-state index contributed by atoms with van der Waals surface area (Å²) >= 11 is 0. The van der Waals surface area contributed by atoms with Crippen molar-refractivity contribution in [3.05, 3.63) is 138 Å². The highest BCUT2D eigenvalue weighted by Gasteiger charge is 2.49. The minimum absolute atomic E-state index is 0.0623. The van der Waals surface area contributed by atoms with Gasteiger partial charge in [0.05, 0.1) is 11.4 Å². The molecule has 0 N–H and O–H groups in total. The lowest BCUT2D eigenvalue weighted by Crippen LogP contribution is -2.62. The quantitative estimate of drug-likeness (QED) is 0.160. The minimum atomic E-state index is -0.115. The van der Waals surface area contributed by atoms with Gasteiger partial charge in [0, 0.05) is 39.5 Å². The standard InChI is InChI=1S/C49H39BN2O2/c1-28-23-34-35(49(4,5)22-21-48(34,2)3)26-38(28)51-39-27-44-33(31-15-8-10-18-41(31)53-44)25-36(39)50-46-40(51)24-29-13-6-7-14-30(29)45(46)32-16-12-20-43-47(32)52(50)37-17-9-11-19-42(37)54-43/h6-20,23-27H,21-22H2,1-5H3. The van der Waals surface area contributed by atoms with Gasteiger partial charge in [0.1, 0.15) is 16.9 Å². The van der Waals surface area contributed by atoms with Crippen LogP contribution in [0.3, 0.4) is 0 Å². The zero-order valence-electron chi connectivity index (χ0n) is 31.2. The fourth-order valence-electron chi connectivity index (χ4n) is 10.4. The number of ether oxygens (including phenoxy) is 1. The SMILES string of the molecule is Cc1cc2c(cc1N1c3cc4oc5ccccc5c4cc3B3c4c1cc1ccccc1c4-c1cccc4c1N3c1ccccc1O4)C(C)(C)CCC2(C)C. The summed E-state index contributed by atoms with van der Waals surface area (Å²) in [5.74, 6) is 1.77. The highest BCUT2D eigenvalue weighted by molar-refractivity contribution is 6.94. The number of anilines is 5. The highest BCUT2D eigenvalue weighted by Crippen LogP contribution is 2.57. The summed E-state index contributed by atoms with van der Waals surface area (Å²) in [7, 11) is 0. The number of hydrogen-bond donors (Lipinski definition) is 0. The molecule has 0 saturated heterocycles. The van der Waals surface area contributed by atoms with Crippen LogP contribution in [0.15, 0.2) is 126 Å². The lowest BCUT2D eigenvalue weighted by atomic mass is 9.43. The van der Waals surface area contributed by atoms with E-state index in [1.807, 2.05) is 0 Å². The van der Waals surface area contributed by atoms with E-state index in [1.54, 1.807) is 0 Å². The number of benzene rings is 7. The summed E-state index contributed by atoms with van der Waals surface area (Å²) in [6.45, 7) is 11.9. The molecule has 0 bridgehead atoms. The summed E-state index contributed by atoms with van der Waals surface area (Å²) in [4.78, 5) is 5.15. The Kier molecular flexibility index (Phi) is 5.75. The van der Waals surface area contributed by atoms with Crippen molar-refractivity contribution >= 4 is 78.9 Å². The molecule has 5 heteroatoms. The van der Waals surface area contributed by atoms with Crippen LogP contribution in [0.2, 0.25) is 0 Å². The van der Waals surface area contributed by atoms with E-state index in [9.17, 15) is 0 Å². The Morgan fingerprint density at radius 3 is 2.17 bits per heavy atom. The molecule has 0 atom stereocenters. The average molecular weight is 699 g/mol. The van der Waals surface area contributed by atoms with Gasteiger partial charge in [0.25, 0.3) is 0 Å². The van der Waals surface area contributed by atoms with E-state index in [2.05, 4.69) is 166 Å². The number of furan rings is 1. The van der Waals surface area contributed by atoms with Crippen molar-refractivity contribution in [3.63, 3.8) is 0 Å². The zero-order chi connectivity index (χ0) is 36.2. The summed E-state index contributed by atoms with van der Waals surface area (Å²) in [6.07, 6.45) is 2.35. The molecule has 54 heavy (non-hydrogen) atoms. The number of hydrogen-bond acceptors (Lipinski definition) is 4. The fourth-order valence-corrected chi connectivity index (χ4v) is 10.4. The molecule has 3 aliphatic heterocycles. The zero-order valence-corrected chi connectivity index (χ0v) is 31.2. The van der Waals surface area contributed by atoms with E-state index in [-0.39, 0.29) is 17.7 Å². The van der Waals surface area contributed by atoms with Gasteiger partial charge in [0.2, 0.25) is 0 Å². The predicted octanol–water partition coefficient (Wildman–Crippen LogP) is 12.2. The maximum Gasteiger partial charge on any atom is 0.333 e. The summed E-state index contributed by atoms with van der Waals surface area (Å²) in [5, 5.41) is 4.76. The molecule has 4 heterocycles. The van der Waals surface area contributed by atoms with E-state index in [0.717, 1.165) is 56.9 Å². The van der Waals surface area contributed by atoms with Crippen LogP contribution in [-0.2, 0) is 10.8 Å². The topological polar surface area (TPSA) is 28.9 Å². The molecule has 1 aromatic heterocycles. The Bertz CT molecular complexity index is 2970. The first-order valence-corrected chi connectivity index (χ1v) is 19.3. The van der Waals surface area contributed by atoms with Crippen LogP contribution in [0.25, 0.3) is 43.8 Å². The van der Waals surface area contributed by atoms with Gasteiger partial charge in [-0.25, -0.2) is 0 Å².